The average molecular weight is 272 g/mol. The molecule has 1 heterocycles. The molecule has 2 aromatic rings. The SMILES string of the molecule is Clc1ccccc1[C@@H]1CNCC[C@@H]1c1ccccc1. The molecule has 0 bridgehead atoms. The molecule has 3 rings (SSSR count). The zero-order valence-electron chi connectivity index (χ0n) is 10.9. The van der Waals surface area contributed by atoms with Gasteiger partial charge in [0.2, 0.25) is 0 Å². The number of hydrogen-bond acceptors (Lipinski definition) is 1. The van der Waals surface area contributed by atoms with E-state index in [-0.39, 0.29) is 0 Å². The van der Waals surface area contributed by atoms with Crippen LogP contribution in [0.2, 0.25) is 5.02 Å². The smallest absolute Gasteiger partial charge is 0.0441 e. The third-order valence-corrected chi connectivity index (χ3v) is 4.36. The molecular formula is C17H18ClN. The van der Waals surface area contributed by atoms with E-state index >= 15 is 0 Å². The van der Waals surface area contributed by atoms with Crippen LogP contribution in [0, 0.1) is 0 Å². The summed E-state index contributed by atoms with van der Waals surface area (Å²) in [5.74, 6) is 1.02. The molecule has 1 aliphatic heterocycles. The van der Waals surface area contributed by atoms with Crippen LogP contribution in [0.15, 0.2) is 54.6 Å². The predicted molar refractivity (Wildman–Crippen MR) is 80.9 cm³/mol. The second kappa shape index (κ2) is 5.77. The largest absolute Gasteiger partial charge is 0.316 e. The monoisotopic (exact) mass is 271 g/mol. The van der Waals surface area contributed by atoms with Crippen LogP contribution < -0.4 is 5.32 Å². The molecule has 0 radical (unpaired) electrons. The summed E-state index contributed by atoms with van der Waals surface area (Å²) in [4.78, 5) is 0. The van der Waals surface area contributed by atoms with Crippen LogP contribution in [0.3, 0.4) is 0 Å². The van der Waals surface area contributed by atoms with Gasteiger partial charge in [0, 0.05) is 17.5 Å². The highest BCUT2D eigenvalue weighted by atomic mass is 35.5. The van der Waals surface area contributed by atoms with Crippen molar-refractivity contribution < 1.29 is 0 Å². The van der Waals surface area contributed by atoms with E-state index in [1.807, 2.05) is 12.1 Å². The Kier molecular flexibility index (Phi) is 3.86. The summed E-state index contributed by atoms with van der Waals surface area (Å²) >= 11 is 6.38. The van der Waals surface area contributed by atoms with Gasteiger partial charge in [0.05, 0.1) is 0 Å². The molecule has 2 heteroatoms. The molecule has 1 aliphatic rings. The van der Waals surface area contributed by atoms with Gasteiger partial charge < -0.3 is 5.32 Å². The zero-order chi connectivity index (χ0) is 13.1. The third kappa shape index (κ3) is 2.68. The van der Waals surface area contributed by atoms with Crippen LogP contribution in [0.1, 0.15) is 29.4 Å². The summed E-state index contributed by atoms with van der Waals surface area (Å²) in [7, 11) is 0. The summed E-state index contributed by atoms with van der Waals surface area (Å²) in [6, 6.07) is 19.0. The third-order valence-electron chi connectivity index (χ3n) is 4.01. The van der Waals surface area contributed by atoms with Gasteiger partial charge >= 0.3 is 0 Å². The van der Waals surface area contributed by atoms with Crippen molar-refractivity contribution in [3.8, 4) is 0 Å². The van der Waals surface area contributed by atoms with Gasteiger partial charge in [0.15, 0.2) is 0 Å². The first-order valence-electron chi connectivity index (χ1n) is 6.86. The van der Waals surface area contributed by atoms with E-state index in [2.05, 4.69) is 47.8 Å². The molecule has 0 aromatic heterocycles. The fourth-order valence-electron chi connectivity index (χ4n) is 3.06. The predicted octanol–water partition coefficient (Wildman–Crippen LogP) is 4.20. The lowest BCUT2D eigenvalue weighted by molar-refractivity contribution is 0.404. The summed E-state index contributed by atoms with van der Waals surface area (Å²) in [6.07, 6.45) is 1.17. The molecule has 0 aliphatic carbocycles. The van der Waals surface area contributed by atoms with Crippen LogP contribution in [-0.2, 0) is 0 Å². The van der Waals surface area contributed by atoms with Crippen molar-refractivity contribution in [3.05, 3.63) is 70.7 Å². The Balaban J connectivity index is 1.96. The van der Waals surface area contributed by atoms with E-state index in [9.17, 15) is 0 Å². The molecule has 2 aromatic carbocycles. The topological polar surface area (TPSA) is 12.0 Å². The van der Waals surface area contributed by atoms with Crippen molar-refractivity contribution in [2.24, 2.45) is 0 Å². The summed E-state index contributed by atoms with van der Waals surface area (Å²) in [5.41, 5.74) is 2.69. The number of rotatable bonds is 2. The fraction of sp³-hybridized carbons (Fsp3) is 0.294. The number of hydrogen-bond donors (Lipinski definition) is 1. The first-order chi connectivity index (χ1) is 9.36. The van der Waals surface area contributed by atoms with E-state index in [1.54, 1.807) is 0 Å². The van der Waals surface area contributed by atoms with E-state index < -0.39 is 0 Å². The minimum Gasteiger partial charge on any atom is -0.316 e. The maximum absolute atomic E-state index is 6.38. The van der Waals surface area contributed by atoms with Crippen LogP contribution in [0.5, 0.6) is 0 Å². The molecule has 98 valence electrons. The molecule has 1 saturated heterocycles. The van der Waals surface area contributed by atoms with E-state index in [0.717, 1.165) is 18.1 Å². The summed E-state index contributed by atoms with van der Waals surface area (Å²) < 4.78 is 0. The quantitative estimate of drug-likeness (QED) is 0.863. The first kappa shape index (κ1) is 12.7. The zero-order valence-corrected chi connectivity index (χ0v) is 11.6. The molecule has 0 unspecified atom stereocenters. The van der Waals surface area contributed by atoms with Crippen LogP contribution >= 0.6 is 11.6 Å². The van der Waals surface area contributed by atoms with Gasteiger partial charge in [0.1, 0.15) is 0 Å². The average Bonchev–Trinajstić information content (AvgIpc) is 2.49. The van der Waals surface area contributed by atoms with E-state index in [0.29, 0.717) is 11.8 Å². The molecule has 0 spiro atoms. The summed E-state index contributed by atoms with van der Waals surface area (Å²) in [5, 5.41) is 4.39. The molecule has 2 atom stereocenters. The van der Waals surface area contributed by atoms with Gasteiger partial charge in [-0.15, -0.1) is 0 Å². The van der Waals surface area contributed by atoms with Crippen molar-refractivity contribution >= 4 is 11.6 Å². The number of nitrogens with one attached hydrogen (secondary N) is 1. The Morgan fingerprint density at radius 3 is 2.42 bits per heavy atom. The van der Waals surface area contributed by atoms with Crippen molar-refractivity contribution in [1.82, 2.24) is 5.32 Å². The number of benzene rings is 2. The van der Waals surface area contributed by atoms with Crippen molar-refractivity contribution in [2.45, 2.75) is 18.3 Å². The normalized spacial score (nSPS) is 23.2. The molecule has 1 nitrogen and oxygen atoms in total. The highest BCUT2D eigenvalue weighted by Crippen LogP contribution is 2.39. The van der Waals surface area contributed by atoms with Gasteiger partial charge in [-0.05, 0) is 36.1 Å². The number of piperidine rings is 1. The standard InChI is InChI=1S/C17H18ClN/c18-17-9-5-4-8-15(17)16-12-19-11-10-14(16)13-6-2-1-3-7-13/h1-9,14,16,19H,10-12H2/t14-,16-/m1/s1. The van der Waals surface area contributed by atoms with Crippen LogP contribution in [-0.4, -0.2) is 13.1 Å². The molecule has 0 saturated carbocycles. The lowest BCUT2D eigenvalue weighted by atomic mass is 9.77. The number of halogens is 1. The van der Waals surface area contributed by atoms with Gasteiger partial charge in [-0.2, -0.15) is 0 Å². The molecule has 0 amide bonds. The van der Waals surface area contributed by atoms with E-state index in [4.69, 9.17) is 11.6 Å². The maximum atomic E-state index is 6.38. The van der Waals surface area contributed by atoms with Crippen LogP contribution in [0.25, 0.3) is 0 Å². The first-order valence-corrected chi connectivity index (χ1v) is 7.24. The van der Waals surface area contributed by atoms with Crippen molar-refractivity contribution in [3.63, 3.8) is 0 Å². The minimum absolute atomic E-state index is 0.463. The van der Waals surface area contributed by atoms with E-state index in [1.165, 1.54) is 17.5 Å². The highest BCUT2D eigenvalue weighted by Gasteiger charge is 2.28. The maximum Gasteiger partial charge on any atom is 0.0441 e. The summed E-state index contributed by atoms with van der Waals surface area (Å²) in [6.45, 7) is 2.09. The molecule has 1 N–H and O–H groups in total. The van der Waals surface area contributed by atoms with Gasteiger partial charge in [0.25, 0.3) is 0 Å². The second-order valence-electron chi connectivity index (χ2n) is 5.14. The Hall–Kier alpha value is -1.31. The van der Waals surface area contributed by atoms with Crippen molar-refractivity contribution in [1.29, 1.82) is 0 Å². The minimum atomic E-state index is 0.463. The Bertz CT molecular complexity index is 538. The van der Waals surface area contributed by atoms with Gasteiger partial charge in [-0.3, -0.25) is 0 Å². The van der Waals surface area contributed by atoms with Crippen molar-refractivity contribution in [2.75, 3.05) is 13.1 Å². The lowest BCUT2D eigenvalue weighted by Crippen LogP contribution is -2.34. The molecular weight excluding hydrogens is 254 g/mol. The Labute approximate surface area is 119 Å². The van der Waals surface area contributed by atoms with Gasteiger partial charge in [-0.25, -0.2) is 0 Å². The Morgan fingerprint density at radius 2 is 1.63 bits per heavy atom. The lowest BCUT2D eigenvalue weighted by Gasteiger charge is -2.33. The highest BCUT2D eigenvalue weighted by molar-refractivity contribution is 6.31. The van der Waals surface area contributed by atoms with Gasteiger partial charge in [-0.1, -0.05) is 60.1 Å². The second-order valence-corrected chi connectivity index (χ2v) is 5.55. The molecule has 19 heavy (non-hydrogen) atoms. The Morgan fingerprint density at radius 1 is 0.895 bits per heavy atom. The molecule has 1 fully saturated rings. The van der Waals surface area contributed by atoms with Crippen LogP contribution in [0.4, 0.5) is 0 Å². The fourth-order valence-corrected chi connectivity index (χ4v) is 3.34.